The summed E-state index contributed by atoms with van der Waals surface area (Å²) in [5.74, 6) is 1.28. The minimum atomic E-state index is -0.0656. The second-order valence-corrected chi connectivity index (χ2v) is 7.83. The van der Waals surface area contributed by atoms with E-state index >= 15 is 0 Å². The molecule has 1 amide bonds. The first-order valence-electron chi connectivity index (χ1n) is 8.62. The Labute approximate surface area is 168 Å². The lowest BCUT2D eigenvalue weighted by Crippen LogP contribution is -2.16. The fourth-order valence-corrected chi connectivity index (χ4v) is 3.56. The number of hydrogen-bond donors (Lipinski definition) is 1. The summed E-state index contributed by atoms with van der Waals surface area (Å²) in [6, 6.07) is 15.3. The highest BCUT2D eigenvalue weighted by Crippen LogP contribution is 2.26. The summed E-state index contributed by atoms with van der Waals surface area (Å²) in [5.41, 5.74) is 2.91. The van der Waals surface area contributed by atoms with Crippen LogP contribution in [0.15, 0.2) is 53.7 Å². The number of carbonyl (C=O) groups excluding carboxylic acids is 1. The lowest BCUT2D eigenvalue weighted by Gasteiger charge is -2.13. The first-order valence-corrected chi connectivity index (χ1v) is 9.99. The van der Waals surface area contributed by atoms with Gasteiger partial charge in [-0.2, -0.15) is 0 Å². The van der Waals surface area contributed by atoms with Crippen LogP contribution in [0.3, 0.4) is 0 Å². The Bertz CT molecular complexity index is 937. The molecule has 27 heavy (non-hydrogen) atoms. The minimum absolute atomic E-state index is 0.0656. The van der Waals surface area contributed by atoms with Crippen molar-refractivity contribution in [1.29, 1.82) is 0 Å². The molecule has 140 valence electrons. The molecule has 7 heteroatoms. The van der Waals surface area contributed by atoms with Gasteiger partial charge in [-0.3, -0.25) is 4.79 Å². The third-order valence-electron chi connectivity index (χ3n) is 4.13. The smallest absolute Gasteiger partial charge is 0.234 e. The van der Waals surface area contributed by atoms with Gasteiger partial charge in [0.2, 0.25) is 5.91 Å². The highest BCUT2D eigenvalue weighted by molar-refractivity contribution is 7.99. The maximum absolute atomic E-state index is 12.4. The van der Waals surface area contributed by atoms with Crippen LogP contribution < -0.4 is 5.32 Å². The monoisotopic (exact) mass is 400 g/mol. The van der Waals surface area contributed by atoms with Crippen LogP contribution in [0.2, 0.25) is 5.02 Å². The Hall–Kier alpha value is -2.31. The number of benzene rings is 2. The molecule has 0 spiro atoms. The largest absolute Gasteiger partial charge is 0.325 e. The molecule has 0 aliphatic heterocycles. The molecular weight excluding hydrogens is 380 g/mol. The molecule has 0 fully saturated rings. The summed E-state index contributed by atoms with van der Waals surface area (Å²) >= 11 is 7.29. The van der Waals surface area contributed by atoms with E-state index in [1.54, 1.807) is 0 Å². The molecule has 0 saturated heterocycles. The molecular formula is C20H21ClN4OS. The fraction of sp³-hybridized carbons (Fsp3) is 0.250. The van der Waals surface area contributed by atoms with Crippen molar-refractivity contribution in [1.82, 2.24) is 14.8 Å². The molecule has 5 nitrogen and oxygen atoms in total. The van der Waals surface area contributed by atoms with Gasteiger partial charge in [0.25, 0.3) is 0 Å². The molecule has 2 aromatic carbocycles. The molecule has 0 radical (unpaired) electrons. The van der Waals surface area contributed by atoms with Crippen LogP contribution >= 0.6 is 23.4 Å². The number of rotatable bonds is 6. The van der Waals surface area contributed by atoms with Crippen molar-refractivity contribution in [3.63, 3.8) is 0 Å². The Morgan fingerprint density at radius 3 is 2.56 bits per heavy atom. The van der Waals surface area contributed by atoms with Gasteiger partial charge in [0, 0.05) is 23.3 Å². The van der Waals surface area contributed by atoms with Crippen LogP contribution in [0.1, 0.15) is 25.3 Å². The van der Waals surface area contributed by atoms with Crippen LogP contribution in [0.4, 0.5) is 5.69 Å². The lowest BCUT2D eigenvalue weighted by molar-refractivity contribution is -0.113. The number of hydrogen-bond acceptors (Lipinski definition) is 4. The molecule has 3 rings (SSSR count). The van der Waals surface area contributed by atoms with E-state index in [2.05, 4.69) is 29.4 Å². The summed E-state index contributed by atoms with van der Waals surface area (Å²) in [6.45, 7) is 4.22. The van der Waals surface area contributed by atoms with Crippen molar-refractivity contribution in [3.8, 4) is 11.4 Å². The number of carbonyl (C=O) groups is 1. The Balaban J connectivity index is 1.65. The van der Waals surface area contributed by atoms with Crippen molar-refractivity contribution >= 4 is 35.0 Å². The van der Waals surface area contributed by atoms with E-state index < -0.39 is 0 Å². The lowest BCUT2D eigenvalue weighted by atomic mass is 10.0. The molecule has 0 aliphatic carbocycles. The summed E-state index contributed by atoms with van der Waals surface area (Å²) < 4.78 is 1.88. The summed E-state index contributed by atoms with van der Waals surface area (Å²) in [5, 5.41) is 12.8. The predicted octanol–water partition coefficient (Wildman–Crippen LogP) is 4.99. The van der Waals surface area contributed by atoms with Crippen molar-refractivity contribution in [2.45, 2.75) is 24.9 Å². The maximum Gasteiger partial charge on any atom is 0.234 e. The third kappa shape index (κ3) is 4.70. The van der Waals surface area contributed by atoms with Crippen molar-refractivity contribution in [2.75, 3.05) is 11.1 Å². The van der Waals surface area contributed by atoms with E-state index in [4.69, 9.17) is 11.6 Å². The Morgan fingerprint density at radius 2 is 1.85 bits per heavy atom. The van der Waals surface area contributed by atoms with Crippen LogP contribution in [0, 0.1) is 0 Å². The molecule has 0 saturated carbocycles. The van der Waals surface area contributed by atoms with Crippen LogP contribution in [-0.4, -0.2) is 26.4 Å². The van der Waals surface area contributed by atoms with E-state index in [0.717, 1.165) is 22.6 Å². The Morgan fingerprint density at radius 1 is 1.15 bits per heavy atom. The van der Waals surface area contributed by atoms with E-state index in [1.165, 1.54) is 11.8 Å². The van der Waals surface area contributed by atoms with Gasteiger partial charge in [-0.05, 0) is 41.8 Å². The molecule has 0 bridgehead atoms. The van der Waals surface area contributed by atoms with Crippen LogP contribution in [0.25, 0.3) is 11.4 Å². The van der Waals surface area contributed by atoms with Crippen LogP contribution in [0.5, 0.6) is 0 Å². The molecule has 1 N–H and O–H groups in total. The highest BCUT2D eigenvalue weighted by Gasteiger charge is 2.14. The number of nitrogens with one attached hydrogen (secondary N) is 1. The normalized spacial score (nSPS) is 11.0. The standard InChI is InChI=1S/C20H21ClN4OS/c1-13(2)16-6-4-5-7-17(16)22-18(26)12-27-20-24-23-19(25(20)3)14-8-10-15(21)11-9-14/h4-11,13H,12H2,1-3H3,(H,22,26). The van der Waals surface area contributed by atoms with Gasteiger partial charge in [-0.1, -0.05) is 55.4 Å². The first-order chi connectivity index (χ1) is 13.0. The zero-order valence-electron chi connectivity index (χ0n) is 15.4. The molecule has 0 unspecified atom stereocenters. The number of nitrogens with zero attached hydrogens (tertiary/aromatic N) is 3. The molecule has 0 atom stereocenters. The van der Waals surface area contributed by atoms with Gasteiger partial charge in [-0.25, -0.2) is 0 Å². The van der Waals surface area contributed by atoms with E-state index in [1.807, 2.05) is 60.1 Å². The number of thioether (sulfide) groups is 1. The highest BCUT2D eigenvalue weighted by atomic mass is 35.5. The maximum atomic E-state index is 12.4. The topological polar surface area (TPSA) is 59.8 Å². The number of para-hydroxylation sites is 1. The number of aromatic nitrogens is 3. The van der Waals surface area contributed by atoms with E-state index in [-0.39, 0.29) is 11.7 Å². The predicted molar refractivity (Wildman–Crippen MR) is 111 cm³/mol. The SMILES string of the molecule is CC(C)c1ccccc1NC(=O)CSc1nnc(-c2ccc(Cl)cc2)n1C. The van der Waals surface area contributed by atoms with Gasteiger partial charge in [-0.15, -0.1) is 10.2 Å². The van der Waals surface area contributed by atoms with Crippen molar-refractivity contribution < 1.29 is 4.79 Å². The zero-order valence-corrected chi connectivity index (χ0v) is 17.0. The quantitative estimate of drug-likeness (QED) is 0.592. The van der Waals surface area contributed by atoms with Gasteiger partial charge >= 0.3 is 0 Å². The van der Waals surface area contributed by atoms with Crippen LogP contribution in [-0.2, 0) is 11.8 Å². The average molecular weight is 401 g/mol. The van der Waals surface area contributed by atoms with Gasteiger partial charge in [0.05, 0.1) is 5.75 Å². The fourth-order valence-electron chi connectivity index (χ4n) is 2.72. The van der Waals surface area contributed by atoms with Crippen molar-refractivity contribution in [3.05, 3.63) is 59.1 Å². The zero-order chi connectivity index (χ0) is 19.4. The van der Waals surface area contributed by atoms with Crippen molar-refractivity contribution in [2.24, 2.45) is 7.05 Å². The number of anilines is 1. The second kappa shape index (κ2) is 8.59. The third-order valence-corrected chi connectivity index (χ3v) is 5.40. The Kier molecular flexibility index (Phi) is 6.19. The summed E-state index contributed by atoms with van der Waals surface area (Å²) in [4.78, 5) is 12.4. The first kappa shape index (κ1) is 19.5. The molecule has 3 aromatic rings. The number of amides is 1. The number of halogens is 1. The molecule has 0 aliphatic rings. The second-order valence-electron chi connectivity index (χ2n) is 6.45. The van der Waals surface area contributed by atoms with E-state index in [9.17, 15) is 4.79 Å². The summed E-state index contributed by atoms with van der Waals surface area (Å²) in [7, 11) is 1.89. The summed E-state index contributed by atoms with van der Waals surface area (Å²) in [6.07, 6.45) is 0. The molecule has 1 heterocycles. The van der Waals surface area contributed by atoms with E-state index in [0.29, 0.717) is 16.1 Å². The minimum Gasteiger partial charge on any atom is -0.325 e. The van der Waals surface area contributed by atoms with Gasteiger partial charge < -0.3 is 9.88 Å². The van der Waals surface area contributed by atoms with Gasteiger partial charge in [0.1, 0.15) is 0 Å². The van der Waals surface area contributed by atoms with Gasteiger partial charge in [0.15, 0.2) is 11.0 Å². The molecule has 1 aromatic heterocycles. The average Bonchev–Trinajstić information content (AvgIpc) is 3.01.